The van der Waals surface area contributed by atoms with Crippen LogP contribution in [0.25, 0.3) is 0 Å². The second kappa shape index (κ2) is 12.6. The van der Waals surface area contributed by atoms with E-state index in [2.05, 4.69) is 13.8 Å². The van der Waals surface area contributed by atoms with Crippen LogP contribution in [0.3, 0.4) is 0 Å². The Morgan fingerprint density at radius 1 is 0.842 bits per heavy atom. The molecular weight excluding hydrogens is 240 g/mol. The first kappa shape index (κ1) is 18.6. The van der Waals surface area contributed by atoms with E-state index in [1.54, 1.807) is 0 Å². The fourth-order valence-corrected chi connectivity index (χ4v) is 1.72. The van der Waals surface area contributed by atoms with Gasteiger partial charge < -0.3 is 9.47 Å². The Kier molecular flexibility index (Phi) is 12.3. The zero-order chi connectivity index (χ0) is 14.5. The number of carbonyl (C=O) groups excluding carboxylic acids is 1. The molecule has 19 heavy (non-hydrogen) atoms. The Morgan fingerprint density at radius 3 is 2.05 bits per heavy atom. The smallest absolute Gasteiger partial charge is 0.137 e. The van der Waals surface area contributed by atoms with E-state index in [0.717, 1.165) is 18.9 Å². The number of rotatable bonds is 13. The molecule has 0 atom stereocenters. The molecule has 0 heterocycles. The van der Waals surface area contributed by atoms with Crippen molar-refractivity contribution in [3.8, 4) is 0 Å². The van der Waals surface area contributed by atoms with Crippen molar-refractivity contribution >= 4 is 5.78 Å². The molecule has 0 N–H and O–H groups in total. The van der Waals surface area contributed by atoms with E-state index in [-0.39, 0.29) is 11.7 Å². The van der Waals surface area contributed by atoms with Crippen LogP contribution in [0.4, 0.5) is 0 Å². The van der Waals surface area contributed by atoms with E-state index in [0.29, 0.717) is 26.2 Å². The predicted molar refractivity (Wildman–Crippen MR) is 79.4 cm³/mol. The molecule has 0 fully saturated rings. The Labute approximate surface area is 119 Å². The largest absolute Gasteiger partial charge is 0.379 e. The maximum absolute atomic E-state index is 11.3. The van der Waals surface area contributed by atoms with Crippen LogP contribution in [0.5, 0.6) is 0 Å². The molecule has 0 aromatic carbocycles. The van der Waals surface area contributed by atoms with Gasteiger partial charge in [0.2, 0.25) is 0 Å². The van der Waals surface area contributed by atoms with Crippen molar-refractivity contribution in [3.63, 3.8) is 0 Å². The van der Waals surface area contributed by atoms with Gasteiger partial charge in [-0.2, -0.15) is 0 Å². The van der Waals surface area contributed by atoms with Crippen LogP contribution in [0.15, 0.2) is 0 Å². The second-order valence-corrected chi connectivity index (χ2v) is 5.84. The van der Waals surface area contributed by atoms with Gasteiger partial charge in [-0.15, -0.1) is 0 Å². The maximum Gasteiger partial charge on any atom is 0.137 e. The quantitative estimate of drug-likeness (QED) is 0.478. The molecule has 0 saturated heterocycles. The number of ether oxygens (including phenoxy) is 2. The first-order valence-electron chi connectivity index (χ1n) is 7.72. The molecule has 0 radical (unpaired) electrons. The number of hydrogen-bond acceptors (Lipinski definition) is 3. The maximum atomic E-state index is 11.3. The zero-order valence-corrected chi connectivity index (χ0v) is 13.2. The van der Waals surface area contributed by atoms with Gasteiger partial charge in [0.15, 0.2) is 0 Å². The third-order valence-corrected chi connectivity index (χ3v) is 3.08. The number of unbranched alkanes of at least 4 members (excludes halogenated alkanes) is 2. The highest BCUT2D eigenvalue weighted by Crippen LogP contribution is 2.07. The minimum absolute atomic E-state index is 0.116. The standard InChI is InChI=1S/C16H32O3/c1-14(2)8-6-5-7-10-18-12-13-19-11-9-16(17)15(3)4/h14-15H,5-13H2,1-4H3. The molecule has 0 rings (SSSR count). The fraction of sp³-hybridized carbons (Fsp3) is 0.938. The van der Waals surface area contributed by atoms with Gasteiger partial charge in [-0.05, 0) is 12.3 Å². The molecule has 0 unspecified atom stereocenters. The lowest BCUT2D eigenvalue weighted by atomic mass is 10.1. The molecule has 3 heteroatoms. The Morgan fingerprint density at radius 2 is 1.47 bits per heavy atom. The molecule has 0 amide bonds. The number of ketones is 1. The molecule has 0 aromatic heterocycles. The summed E-state index contributed by atoms with van der Waals surface area (Å²) >= 11 is 0. The number of carbonyl (C=O) groups is 1. The minimum Gasteiger partial charge on any atom is -0.379 e. The summed E-state index contributed by atoms with van der Waals surface area (Å²) in [5.74, 6) is 1.19. The molecule has 0 saturated carbocycles. The lowest BCUT2D eigenvalue weighted by Crippen LogP contribution is -2.12. The summed E-state index contributed by atoms with van der Waals surface area (Å²) in [6.07, 6.45) is 5.52. The van der Waals surface area contributed by atoms with E-state index in [9.17, 15) is 4.79 Å². The van der Waals surface area contributed by atoms with Crippen LogP contribution < -0.4 is 0 Å². The summed E-state index contributed by atoms with van der Waals surface area (Å²) in [6, 6.07) is 0. The van der Waals surface area contributed by atoms with E-state index in [1.165, 1.54) is 19.3 Å². The molecule has 0 aromatic rings. The summed E-state index contributed by atoms with van der Waals surface area (Å²) < 4.78 is 10.9. The average Bonchev–Trinajstić information content (AvgIpc) is 2.35. The summed E-state index contributed by atoms with van der Waals surface area (Å²) in [5.41, 5.74) is 0. The molecule has 0 aliphatic heterocycles. The first-order chi connectivity index (χ1) is 9.04. The summed E-state index contributed by atoms with van der Waals surface area (Å²) in [5, 5.41) is 0. The molecule has 0 spiro atoms. The lowest BCUT2D eigenvalue weighted by molar-refractivity contribution is -0.123. The Hall–Kier alpha value is -0.410. The highest BCUT2D eigenvalue weighted by atomic mass is 16.5. The normalized spacial score (nSPS) is 11.5. The lowest BCUT2D eigenvalue weighted by Gasteiger charge is -2.07. The zero-order valence-electron chi connectivity index (χ0n) is 13.2. The van der Waals surface area contributed by atoms with Crippen LogP contribution in [-0.4, -0.2) is 32.2 Å². The van der Waals surface area contributed by atoms with Crippen molar-refractivity contribution in [2.75, 3.05) is 26.4 Å². The van der Waals surface area contributed by atoms with Gasteiger partial charge in [-0.1, -0.05) is 47.0 Å². The summed E-state index contributed by atoms with van der Waals surface area (Å²) in [4.78, 5) is 11.3. The first-order valence-corrected chi connectivity index (χ1v) is 7.72. The van der Waals surface area contributed by atoms with Gasteiger partial charge in [0, 0.05) is 18.9 Å². The van der Waals surface area contributed by atoms with Crippen molar-refractivity contribution in [2.45, 2.75) is 59.8 Å². The van der Waals surface area contributed by atoms with Crippen LogP contribution in [0.1, 0.15) is 59.8 Å². The summed E-state index contributed by atoms with van der Waals surface area (Å²) in [6.45, 7) is 10.9. The van der Waals surface area contributed by atoms with Gasteiger partial charge in [0.1, 0.15) is 5.78 Å². The van der Waals surface area contributed by atoms with Crippen LogP contribution in [0, 0.1) is 11.8 Å². The van der Waals surface area contributed by atoms with Crippen LogP contribution in [-0.2, 0) is 14.3 Å². The topological polar surface area (TPSA) is 35.5 Å². The van der Waals surface area contributed by atoms with Gasteiger partial charge >= 0.3 is 0 Å². The molecule has 3 nitrogen and oxygen atoms in total. The fourth-order valence-electron chi connectivity index (χ4n) is 1.72. The van der Waals surface area contributed by atoms with Gasteiger partial charge in [0.25, 0.3) is 0 Å². The monoisotopic (exact) mass is 272 g/mol. The Bertz CT molecular complexity index is 212. The van der Waals surface area contributed by atoms with Crippen molar-refractivity contribution < 1.29 is 14.3 Å². The van der Waals surface area contributed by atoms with Crippen molar-refractivity contribution in [1.29, 1.82) is 0 Å². The predicted octanol–water partition coefficient (Wildman–Crippen LogP) is 3.85. The van der Waals surface area contributed by atoms with Gasteiger partial charge in [-0.25, -0.2) is 0 Å². The van der Waals surface area contributed by atoms with Crippen molar-refractivity contribution in [2.24, 2.45) is 11.8 Å². The minimum atomic E-state index is 0.116. The average molecular weight is 272 g/mol. The van der Waals surface area contributed by atoms with Crippen LogP contribution >= 0.6 is 0 Å². The number of Topliss-reactive ketones (excluding diaryl/α,β-unsaturated/α-hetero) is 1. The van der Waals surface area contributed by atoms with E-state index in [1.807, 2.05) is 13.8 Å². The van der Waals surface area contributed by atoms with Crippen molar-refractivity contribution in [1.82, 2.24) is 0 Å². The highest BCUT2D eigenvalue weighted by molar-refractivity contribution is 5.80. The molecule has 114 valence electrons. The summed E-state index contributed by atoms with van der Waals surface area (Å²) in [7, 11) is 0. The Balaban J connectivity index is 3.09. The molecule has 0 aliphatic carbocycles. The SMILES string of the molecule is CC(C)CCCCCOCCOCCC(=O)C(C)C. The number of hydrogen-bond donors (Lipinski definition) is 0. The highest BCUT2D eigenvalue weighted by Gasteiger charge is 2.05. The van der Waals surface area contributed by atoms with E-state index < -0.39 is 0 Å². The van der Waals surface area contributed by atoms with Gasteiger partial charge in [0.05, 0.1) is 19.8 Å². The van der Waals surface area contributed by atoms with Crippen molar-refractivity contribution in [3.05, 3.63) is 0 Å². The van der Waals surface area contributed by atoms with Crippen LogP contribution in [0.2, 0.25) is 0 Å². The third kappa shape index (κ3) is 13.8. The molecule has 0 aliphatic rings. The second-order valence-electron chi connectivity index (χ2n) is 5.84. The van der Waals surface area contributed by atoms with Gasteiger partial charge in [-0.3, -0.25) is 4.79 Å². The third-order valence-electron chi connectivity index (χ3n) is 3.08. The molecule has 0 bridgehead atoms. The van der Waals surface area contributed by atoms with E-state index in [4.69, 9.17) is 9.47 Å². The van der Waals surface area contributed by atoms with E-state index >= 15 is 0 Å². The molecular formula is C16H32O3.